The summed E-state index contributed by atoms with van der Waals surface area (Å²) in [6.45, 7) is 0. The summed E-state index contributed by atoms with van der Waals surface area (Å²) in [4.78, 5) is 16.0. The number of nitrogens with one attached hydrogen (secondary N) is 2. The van der Waals surface area contributed by atoms with Crippen LogP contribution in [0.4, 0.5) is 5.69 Å². The molecule has 0 saturated carbocycles. The molecule has 0 atom stereocenters. The Balaban J connectivity index is 2.00. The first-order chi connectivity index (χ1) is 10.1. The van der Waals surface area contributed by atoms with Crippen molar-refractivity contribution in [2.75, 3.05) is 5.32 Å². The summed E-state index contributed by atoms with van der Waals surface area (Å²) in [5, 5.41) is 20.5. The molecule has 6 heteroatoms. The second-order valence-electron chi connectivity index (χ2n) is 4.40. The van der Waals surface area contributed by atoms with E-state index < -0.39 is 5.91 Å². The molecule has 2 aromatic heterocycles. The van der Waals surface area contributed by atoms with Crippen LogP contribution in [0.1, 0.15) is 10.4 Å². The number of hydrogen-bond donors (Lipinski definition) is 3. The zero-order valence-electron chi connectivity index (χ0n) is 10.8. The highest BCUT2D eigenvalue weighted by atomic mass is 16.3. The smallest absolute Gasteiger partial charge is 0.261 e. The number of amides is 1. The van der Waals surface area contributed by atoms with Crippen molar-refractivity contribution in [3.8, 4) is 5.75 Å². The fourth-order valence-electron chi connectivity index (χ4n) is 1.92. The maximum Gasteiger partial charge on any atom is 0.261 e. The molecule has 0 unspecified atom stereocenters. The molecule has 0 aliphatic rings. The van der Waals surface area contributed by atoms with Crippen LogP contribution in [0.3, 0.4) is 0 Å². The number of hydrogen-bond acceptors (Lipinski definition) is 5. The van der Waals surface area contributed by atoms with Crippen LogP contribution in [0.25, 0.3) is 11.0 Å². The van der Waals surface area contributed by atoms with Crippen molar-refractivity contribution in [2.45, 2.75) is 0 Å². The Morgan fingerprint density at radius 3 is 2.71 bits per heavy atom. The van der Waals surface area contributed by atoms with Crippen molar-refractivity contribution >= 4 is 22.6 Å². The number of anilines is 1. The average Bonchev–Trinajstić information content (AvgIpc) is 2.47. The predicted octanol–water partition coefficient (Wildman–Crippen LogP) is 2.27. The molecule has 2 heterocycles. The summed E-state index contributed by atoms with van der Waals surface area (Å²) in [6.07, 6.45) is 3.12. The predicted molar refractivity (Wildman–Crippen MR) is 75.9 cm³/mol. The number of aromatic nitrogens is 1. The van der Waals surface area contributed by atoms with E-state index in [-0.39, 0.29) is 16.9 Å². The standard InChI is InChI=1S/C15H11N3O3/c16-14-12(15(20)18-10-3-5-17-6-4-10)7-9-1-2-11(19)8-13(9)21-14/h1-8,16,19H,(H,17,18,20). The van der Waals surface area contributed by atoms with Gasteiger partial charge in [0.25, 0.3) is 5.91 Å². The molecular formula is C15H11N3O3. The normalized spacial score (nSPS) is 10.5. The number of pyridine rings is 1. The lowest BCUT2D eigenvalue weighted by Crippen LogP contribution is -2.20. The number of rotatable bonds is 2. The zero-order chi connectivity index (χ0) is 14.8. The molecule has 0 radical (unpaired) electrons. The van der Waals surface area contributed by atoms with E-state index in [1.807, 2.05) is 0 Å². The largest absolute Gasteiger partial charge is 0.508 e. The van der Waals surface area contributed by atoms with Gasteiger partial charge >= 0.3 is 0 Å². The van der Waals surface area contributed by atoms with Gasteiger partial charge in [0.15, 0.2) is 0 Å². The van der Waals surface area contributed by atoms with Crippen molar-refractivity contribution < 1.29 is 14.3 Å². The summed E-state index contributed by atoms with van der Waals surface area (Å²) < 4.78 is 5.27. The Morgan fingerprint density at radius 2 is 1.95 bits per heavy atom. The number of phenols is 1. The molecule has 3 aromatic rings. The highest BCUT2D eigenvalue weighted by Crippen LogP contribution is 2.19. The van der Waals surface area contributed by atoms with Crippen molar-refractivity contribution in [3.63, 3.8) is 0 Å². The fourth-order valence-corrected chi connectivity index (χ4v) is 1.92. The van der Waals surface area contributed by atoms with E-state index in [0.717, 1.165) is 0 Å². The third-order valence-corrected chi connectivity index (χ3v) is 2.94. The van der Waals surface area contributed by atoms with E-state index in [0.29, 0.717) is 16.7 Å². The first kappa shape index (κ1) is 12.9. The minimum atomic E-state index is -0.440. The minimum Gasteiger partial charge on any atom is -0.508 e. The van der Waals surface area contributed by atoms with Gasteiger partial charge in [-0.3, -0.25) is 15.2 Å². The highest BCUT2D eigenvalue weighted by molar-refractivity contribution is 6.05. The zero-order valence-corrected chi connectivity index (χ0v) is 10.8. The van der Waals surface area contributed by atoms with Crippen molar-refractivity contribution in [3.05, 3.63) is 59.9 Å². The molecule has 1 amide bonds. The van der Waals surface area contributed by atoms with Crippen LogP contribution in [0.15, 0.2) is 53.2 Å². The number of benzene rings is 1. The molecule has 0 bridgehead atoms. The third kappa shape index (κ3) is 2.59. The summed E-state index contributed by atoms with van der Waals surface area (Å²) in [6, 6.07) is 9.37. The molecule has 0 spiro atoms. The van der Waals surface area contributed by atoms with Gasteiger partial charge in [-0.25, -0.2) is 0 Å². The Bertz CT molecular complexity index is 872. The van der Waals surface area contributed by atoms with Crippen LogP contribution in [0.5, 0.6) is 5.75 Å². The van der Waals surface area contributed by atoms with E-state index in [1.165, 1.54) is 12.1 Å². The molecule has 0 aliphatic carbocycles. The lowest BCUT2D eigenvalue weighted by atomic mass is 10.1. The maximum absolute atomic E-state index is 12.2. The van der Waals surface area contributed by atoms with Crippen LogP contribution >= 0.6 is 0 Å². The molecule has 104 valence electrons. The first-order valence-electron chi connectivity index (χ1n) is 6.16. The van der Waals surface area contributed by atoms with Gasteiger partial charge in [0.1, 0.15) is 16.9 Å². The molecule has 6 nitrogen and oxygen atoms in total. The monoisotopic (exact) mass is 281 g/mol. The van der Waals surface area contributed by atoms with Gasteiger partial charge in [-0.1, -0.05) is 0 Å². The topological polar surface area (TPSA) is 99.2 Å². The summed E-state index contributed by atoms with van der Waals surface area (Å²) in [5.41, 5.74) is 0.783. The van der Waals surface area contributed by atoms with Gasteiger partial charge in [-0.15, -0.1) is 0 Å². The van der Waals surface area contributed by atoms with Gasteiger partial charge in [0, 0.05) is 29.5 Å². The first-order valence-corrected chi connectivity index (χ1v) is 6.16. The van der Waals surface area contributed by atoms with Gasteiger partial charge in [0.05, 0.1) is 0 Å². The number of nitrogens with zero attached hydrogens (tertiary/aromatic N) is 1. The van der Waals surface area contributed by atoms with Crippen LogP contribution < -0.4 is 10.9 Å². The number of carbonyl (C=O) groups excluding carboxylic acids is 1. The van der Waals surface area contributed by atoms with E-state index in [2.05, 4.69) is 10.3 Å². The Hall–Kier alpha value is -3.15. The van der Waals surface area contributed by atoms with Crippen molar-refractivity contribution in [2.24, 2.45) is 0 Å². The molecule has 0 saturated heterocycles. The Morgan fingerprint density at radius 1 is 1.19 bits per heavy atom. The van der Waals surface area contributed by atoms with E-state index in [1.54, 1.807) is 36.7 Å². The average molecular weight is 281 g/mol. The van der Waals surface area contributed by atoms with Crippen LogP contribution in [-0.4, -0.2) is 16.0 Å². The van der Waals surface area contributed by atoms with Crippen LogP contribution in [-0.2, 0) is 0 Å². The summed E-state index contributed by atoms with van der Waals surface area (Å²) in [7, 11) is 0. The van der Waals surface area contributed by atoms with Gasteiger partial charge in [-0.2, -0.15) is 0 Å². The highest BCUT2D eigenvalue weighted by Gasteiger charge is 2.12. The van der Waals surface area contributed by atoms with Crippen LogP contribution in [0.2, 0.25) is 0 Å². The number of fused-ring (bicyclic) bond motifs is 1. The molecule has 0 aliphatic heterocycles. The Kier molecular flexibility index (Phi) is 3.12. The van der Waals surface area contributed by atoms with E-state index in [9.17, 15) is 9.90 Å². The third-order valence-electron chi connectivity index (χ3n) is 2.94. The number of phenolic OH excluding ortho intramolecular Hbond substituents is 1. The van der Waals surface area contributed by atoms with Crippen molar-refractivity contribution in [1.82, 2.24) is 4.98 Å². The lowest BCUT2D eigenvalue weighted by molar-refractivity contribution is 0.102. The fraction of sp³-hybridized carbons (Fsp3) is 0. The lowest BCUT2D eigenvalue weighted by Gasteiger charge is -2.06. The number of carbonyl (C=O) groups is 1. The van der Waals surface area contributed by atoms with Crippen molar-refractivity contribution in [1.29, 1.82) is 5.41 Å². The SMILES string of the molecule is N=c1oc2cc(O)ccc2cc1C(=O)Nc1ccncc1. The molecule has 0 fully saturated rings. The summed E-state index contributed by atoms with van der Waals surface area (Å²) >= 11 is 0. The maximum atomic E-state index is 12.2. The molecule has 3 rings (SSSR count). The quantitative estimate of drug-likeness (QED) is 0.671. The second-order valence-corrected chi connectivity index (χ2v) is 4.40. The number of aromatic hydroxyl groups is 1. The van der Waals surface area contributed by atoms with Gasteiger partial charge < -0.3 is 14.8 Å². The van der Waals surface area contributed by atoms with E-state index in [4.69, 9.17) is 9.83 Å². The minimum absolute atomic E-state index is 0.0413. The molecule has 3 N–H and O–H groups in total. The van der Waals surface area contributed by atoms with Gasteiger partial charge in [-0.05, 0) is 30.3 Å². The Labute approximate surface area is 119 Å². The summed E-state index contributed by atoms with van der Waals surface area (Å²) in [5.74, 6) is -0.399. The van der Waals surface area contributed by atoms with Gasteiger partial charge in [0.2, 0.25) is 5.55 Å². The van der Waals surface area contributed by atoms with E-state index >= 15 is 0 Å². The molecule has 21 heavy (non-hydrogen) atoms. The second kappa shape index (κ2) is 5.09. The molecular weight excluding hydrogens is 270 g/mol. The van der Waals surface area contributed by atoms with Crippen LogP contribution in [0, 0.1) is 5.41 Å². The molecule has 1 aromatic carbocycles.